The van der Waals surface area contributed by atoms with Crippen LogP contribution in [-0.2, 0) is 17.6 Å². The van der Waals surface area contributed by atoms with Gasteiger partial charge in [-0.05, 0) is 23.8 Å². The fraction of sp³-hybridized carbons (Fsp3) is 0.375. The van der Waals surface area contributed by atoms with Crippen molar-refractivity contribution >= 4 is 12.5 Å². The molecule has 0 radical (unpaired) electrons. The minimum Gasteiger partial charge on any atom is -0.445 e. The van der Waals surface area contributed by atoms with Crippen LogP contribution in [0.2, 0.25) is 0 Å². The summed E-state index contributed by atoms with van der Waals surface area (Å²) in [7, 11) is 1.56. The first-order valence-electron chi connectivity index (χ1n) is 7.80. The van der Waals surface area contributed by atoms with E-state index in [4.69, 9.17) is 9.47 Å². The molecule has 2 heterocycles. The molecule has 1 saturated heterocycles. The van der Waals surface area contributed by atoms with Crippen molar-refractivity contribution in [2.45, 2.75) is 5.85 Å². The molecule has 1 fully saturated rings. The molecule has 25 heavy (non-hydrogen) atoms. The molecule has 0 spiro atoms. The van der Waals surface area contributed by atoms with Crippen LogP contribution in [0.15, 0.2) is 41.5 Å². The van der Waals surface area contributed by atoms with Gasteiger partial charge in [0, 0.05) is 13.1 Å². The van der Waals surface area contributed by atoms with Gasteiger partial charge in [0.2, 0.25) is 0 Å². The zero-order valence-electron chi connectivity index (χ0n) is 13.9. The van der Waals surface area contributed by atoms with E-state index in [0.717, 1.165) is 0 Å². The summed E-state index contributed by atoms with van der Waals surface area (Å²) in [4.78, 5) is 21.1. The second-order valence-electron chi connectivity index (χ2n) is 5.54. The first kappa shape index (κ1) is 17.1. The first-order chi connectivity index (χ1) is 12.1. The van der Waals surface area contributed by atoms with Gasteiger partial charge in [0.1, 0.15) is 11.9 Å². The van der Waals surface area contributed by atoms with Crippen LogP contribution in [0.4, 0.5) is 5.82 Å². The summed E-state index contributed by atoms with van der Waals surface area (Å²) >= 11 is 0. The van der Waals surface area contributed by atoms with Gasteiger partial charge in [0.15, 0.2) is 0 Å². The molecule has 1 atom stereocenters. The molecule has 0 amide bonds. The number of benzene rings is 1. The number of aromatic nitrogens is 2. The number of para-hydroxylation sites is 1. The van der Waals surface area contributed by atoms with E-state index in [1.54, 1.807) is 19.2 Å². The lowest BCUT2D eigenvalue weighted by Gasteiger charge is -2.39. The third-order valence-corrected chi connectivity index (χ3v) is 4.10. The smallest absolute Gasteiger partial charge is 0.344 e. The van der Waals surface area contributed by atoms with E-state index in [9.17, 15) is 10.1 Å². The van der Waals surface area contributed by atoms with Gasteiger partial charge in [-0.3, -0.25) is 0 Å². The average molecular weight is 345 g/mol. The monoisotopic (exact) mass is 345 g/mol. The Morgan fingerprint density at radius 3 is 2.60 bits per heavy atom. The van der Waals surface area contributed by atoms with Crippen LogP contribution in [0.5, 0.6) is 5.75 Å². The van der Waals surface area contributed by atoms with Crippen LogP contribution in [0.3, 0.4) is 0 Å². The quantitative estimate of drug-likeness (QED) is 0.448. The van der Waals surface area contributed by atoms with Crippen molar-refractivity contribution < 1.29 is 14.4 Å². The van der Waals surface area contributed by atoms with Crippen molar-refractivity contribution in [3.63, 3.8) is 0 Å². The van der Waals surface area contributed by atoms with Gasteiger partial charge < -0.3 is 19.6 Å². The molecule has 0 bridgehead atoms. The lowest BCUT2D eigenvalue weighted by atomic mass is 10.2. The van der Waals surface area contributed by atoms with E-state index in [1.165, 1.54) is 10.8 Å². The van der Waals surface area contributed by atoms with Crippen LogP contribution < -0.4 is 4.74 Å². The fourth-order valence-electron chi connectivity index (χ4n) is 2.85. The van der Waals surface area contributed by atoms with Crippen molar-refractivity contribution in [3.8, 4) is 5.75 Å². The molecule has 0 N–H and O–H groups in total. The van der Waals surface area contributed by atoms with Crippen LogP contribution in [-0.4, -0.2) is 52.4 Å². The van der Waals surface area contributed by atoms with Crippen molar-refractivity contribution in [3.05, 3.63) is 52.5 Å². The minimum atomic E-state index is -1.38. The highest BCUT2D eigenvalue weighted by molar-refractivity contribution is 5.31. The molecule has 0 saturated carbocycles. The molecular formula is C16H19N5O4. The number of nitrogens with zero attached hydrogens (tertiary/aromatic N) is 5. The Bertz CT molecular complexity index is 757. The Hall–Kier alpha value is -2.78. The predicted octanol–water partition coefficient (Wildman–Crippen LogP) is 1.55. The average Bonchev–Trinajstić information content (AvgIpc) is 3.03. The number of hydrogen-bond acceptors (Lipinski definition) is 7. The molecule has 3 rings (SSSR count). The lowest BCUT2D eigenvalue weighted by molar-refractivity contribution is -0.392. The van der Waals surface area contributed by atoms with Gasteiger partial charge in [0.25, 0.3) is 5.82 Å². The van der Waals surface area contributed by atoms with Crippen molar-refractivity contribution in [2.75, 3.05) is 26.3 Å². The maximum absolute atomic E-state index is 11.2. The summed E-state index contributed by atoms with van der Waals surface area (Å²) in [6, 6.07) is 9.12. The maximum Gasteiger partial charge on any atom is 0.344 e. The molecule has 132 valence electrons. The van der Waals surface area contributed by atoms with E-state index in [1.807, 2.05) is 23.1 Å². The first-order valence-corrected chi connectivity index (χ1v) is 7.80. The van der Waals surface area contributed by atoms with Gasteiger partial charge in [-0.2, -0.15) is 0 Å². The number of hydrogen-bond donors (Lipinski definition) is 0. The van der Waals surface area contributed by atoms with Crippen LogP contribution in [0.25, 0.3) is 0 Å². The van der Waals surface area contributed by atoms with Gasteiger partial charge in [-0.1, -0.05) is 18.2 Å². The summed E-state index contributed by atoms with van der Waals surface area (Å²) in [5.74, 6) is -0.673. The normalized spacial score (nSPS) is 17.6. The van der Waals surface area contributed by atoms with E-state index in [-0.39, 0.29) is 5.82 Å². The summed E-state index contributed by atoms with van der Waals surface area (Å²) in [6.07, 6.45) is 1.20. The second-order valence-corrected chi connectivity index (χ2v) is 5.54. The standard InChI is InChI=1S/C16H19N5O4/c1-17-16(20-8-10-24-11-9-20,25-13-6-4-3-5-7-13)15-18-12-14(19(15)2)21(22)23/h3-7,12H,1,8-11H2,2H3. The minimum absolute atomic E-state index is 0.145. The molecular weight excluding hydrogens is 326 g/mol. The largest absolute Gasteiger partial charge is 0.445 e. The predicted molar refractivity (Wildman–Crippen MR) is 90.6 cm³/mol. The molecule has 9 nitrogen and oxygen atoms in total. The molecule has 1 unspecified atom stereocenters. The van der Waals surface area contributed by atoms with E-state index in [0.29, 0.717) is 37.9 Å². The summed E-state index contributed by atoms with van der Waals surface area (Å²) in [5, 5.41) is 11.2. The Balaban J connectivity index is 2.10. The third-order valence-electron chi connectivity index (χ3n) is 4.10. The highest BCUT2D eigenvalue weighted by atomic mass is 16.6. The summed E-state index contributed by atoms with van der Waals surface area (Å²) in [6.45, 7) is 5.77. The number of morpholine rings is 1. The highest BCUT2D eigenvalue weighted by Gasteiger charge is 2.48. The summed E-state index contributed by atoms with van der Waals surface area (Å²) in [5.41, 5.74) is 0. The zero-order valence-corrected chi connectivity index (χ0v) is 13.9. The fourth-order valence-corrected chi connectivity index (χ4v) is 2.85. The Labute approximate surface area is 144 Å². The SMILES string of the molecule is C=NC(Oc1ccccc1)(c1ncc([N+](=O)[O-])n1C)N1CCOCC1. The summed E-state index contributed by atoms with van der Waals surface area (Å²) < 4.78 is 13.0. The third kappa shape index (κ3) is 3.11. The van der Waals surface area contributed by atoms with Gasteiger partial charge in [0.05, 0.1) is 20.3 Å². The molecule has 1 aromatic heterocycles. The lowest BCUT2D eigenvalue weighted by Crippen LogP contribution is -2.54. The van der Waals surface area contributed by atoms with E-state index >= 15 is 0 Å². The number of nitro groups is 1. The molecule has 2 aromatic rings. The van der Waals surface area contributed by atoms with Gasteiger partial charge >= 0.3 is 11.7 Å². The van der Waals surface area contributed by atoms with Crippen molar-refractivity contribution in [1.29, 1.82) is 0 Å². The van der Waals surface area contributed by atoms with Gasteiger partial charge in [-0.15, -0.1) is 0 Å². The van der Waals surface area contributed by atoms with Crippen molar-refractivity contribution in [2.24, 2.45) is 12.0 Å². The topological polar surface area (TPSA) is 95.0 Å². The number of imidazole rings is 1. The van der Waals surface area contributed by atoms with Crippen LogP contribution in [0, 0.1) is 10.1 Å². The zero-order chi connectivity index (χ0) is 17.9. The highest BCUT2D eigenvalue weighted by Crippen LogP contribution is 2.34. The Morgan fingerprint density at radius 1 is 1.36 bits per heavy atom. The molecule has 1 aliphatic rings. The number of ether oxygens (including phenoxy) is 2. The van der Waals surface area contributed by atoms with E-state index in [2.05, 4.69) is 16.7 Å². The van der Waals surface area contributed by atoms with Gasteiger partial charge in [-0.25, -0.2) is 19.4 Å². The molecule has 0 aliphatic carbocycles. The maximum atomic E-state index is 11.2. The van der Waals surface area contributed by atoms with E-state index < -0.39 is 10.8 Å². The molecule has 1 aromatic carbocycles. The van der Waals surface area contributed by atoms with Crippen LogP contribution in [0.1, 0.15) is 5.82 Å². The number of rotatable bonds is 6. The Morgan fingerprint density at radius 2 is 2.04 bits per heavy atom. The molecule has 9 heteroatoms. The molecule has 1 aliphatic heterocycles. The van der Waals surface area contributed by atoms with Crippen molar-refractivity contribution in [1.82, 2.24) is 14.5 Å². The van der Waals surface area contributed by atoms with Crippen LogP contribution >= 0.6 is 0 Å². The second kappa shape index (κ2) is 6.99. The Kier molecular flexibility index (Phi) is 4.77. The number of aliphatic imine (C=N–C) groups is 1.